The maximum atomic E-state index is 4.69. The van der Waals surface area contributed by atoms with Crippen LogP contribution in [0, 0.1) is 0 Å². The molecule has 2 rings (SSSR count). The number of allylic oxidation sites excluding steroid dienone is 3. The van der Waals surface area contributed by atoms with Crippen molar-refractivity contribution in [1.82, 2.24) is 4.98 Å². The molecule has 1 heterocycles. The third-order valence-corrected chi connectivity index (χ3v) is 7.08. The van der Waals surface area contributed by atoms with E-state index in [1.807, 2.05) is 16.9 Å². The molecular formula is C17H21NS3. The lowest BCUT2D eigenvalue weighted by atomic mass is 10.1. The molecule has 0 bridgehead atoms. The first-order valence-electron chi connectivity index (χ1n) is 7.04. The molecule has 0 fully saturated rings. The predicted molar refractivity (Wildman–Crippen MR) is 100 cm³/mol. The lowest BCUT2D eigenvalue weighted by molar-refractivity contribution is 0.986. The van der Waals surface area contributed by atoms with Crippen molar-refractivity contribution in [3.8, 4) is 0 Å². The van der Waals surface area contributed by atoms with Crippen molar-refractivity contribution >= 4 is 43.1 Å². The summed E-state index contributed by atoms with van der Waals surface area (Å²) in [6.07, 6.45) is 5.66. The van der Waals surface area contributed by atoms with E-state index in [9.17, 15) is 0 Å². The minimum atomic E-state index is 0.503. The molecule has 0 spiro atoms. The summed E-state index contributed by atoms with van der Waals surface area (Å²) in [4.78, 5) is 4.69. The Labute approximate surface area is 139 Å². The number of aromatic nitrogens is 1. The van der Waals surface area contributed by atoms with E-state index in [0.717, 1.165) is 16.3 Å². The maximum Gasteiger partial charge on any atom is 0.161 e. The number of fused-ring (bicyclic) bond motifs is 1. The minimum absolute atomic E-state index is 0.503. The smallest absolute Gasteiger partial charge is 0.161 e. The van der Waals surface area contributed by atoms with Crippen LogP contribution < -0.4 is 0 Å². The van der Waals surface area contributed by atoms with Crippen LogP contribution in [0.5, 0.6) is 0 Å². The third kappa shape index (κ3) is 5.20. The Hall–Kier alpha value is -0.710. The average molecular weight is 336 g/mol. The van der Waals surface area contributed by atoms with Crippen LogP contribution in [0.4, 0.5) is 0 Å². The highest BCUT2D eigenvalue weighted by atomic mass is 33.1. The minimum Gasteiger partial charge on any atom is -0.229 e. The Kier molecular flexibility index (Phi) is 6.40. The van der Waals surface area contributed by atoms with Gasteiger partial charge >= 0.3 is 0 Å². The second-order valence-corrected chi connectivity index (χ2v) is 8.97. The first kappa shape index (κ1) is 16.7. The van der Waals surface area contributed by atoms with Gasteiger partial charge in [-0.2, -0.15) is 0 Å². The maximum absolute atomic E-state index is 4.69. The fourth-order valence-electron chi connectivity index (χ4n) is 1.92. The summed E-state index contributed by atoms with van der Waals surface area (Å²) in [5, 5.41) is 0.503. The molecule has 0 aliphatic heterocycles. The molecule has 0 N–H and O–H groups in total. The van der Waals surface area contributed by atoms with Gasteiger partial charge < -0.3 is 0 Å². The normalized spacial score (nSPS) is 13.4. The van der Waals surface area contributed by atoms with Gasteiger partial charge in [0.1, 0.15) is 0 Å². The van der Waals surface area contributed by atoms with Crippen LogP contribution >= 0.6 is 32.9 Å². The molecule has 21 heavy (non-hydrogen) atoms. The van der Waals surface area contributed by atoms with Crippen molar-refractivity contribution in [2.24, 2.45) is 0 Å². The molecular weight excluding hydrogens is 314 g/mol. The van der Waals surface area contributed by atoms with Crippen LogP contribution in [0.1, 0.15) is 34.1 Å². The van der Waals surface area contributed by atoms with E-state index in [-0.39, 0.29) is 0 Å². The summed E-state index contributed by atoms with van der Waals surface area (Å²) in [7, 11) is 3.71. The van der Waals surface area contributed by atoms with Gasteiger partial charge in [0.2, 0.25) is 0 Å². The van der Waals surface area contributed by atoms with Crippen molar-refractivity contribution in [2.45, 2.75) is 43.7 Å². The van der Waals surface area contributed by atoms with E-state index < -0.39 is 0 Å². The van der Waals surface area contributed by atoms with Gasteiger partial charge in [-0.15, -0.1) is 11.3 Å². The lowest BCUT2D eigenvalue weighted by Gasteiger charge is -2.12. The lowest BCUT2D eigenvalue weighted by Crippen LogP contribution is -1.98. The van der Waals surface area contributed by atoms with Crippen LogP contribution in [-0.4, -0.2) is 10.2 Å². The fraction of sp³-hybridized carbons (Fsp3) is 0.353. The van der Waals surface area contributed by atoms with Gasteiger partial charge in [-0.25, -0.2) is 4.98 Å². The van der Waals surface area contributed by atoms with Crippen molar-refractivity contribution in [3.63, 3.8) is 0 Å². The number of rotatable bonds is 6. The monoisotopic (exact) mass is 335 g/mol. The summed E-state index contributed by atoms with van der Waals surface area (Å²) >= 11 is 1.78. The molecule has 2 aromatic rings. The summed E-state index contributed by atoms with van der Waals surface area (Å²) < 4.78 is 2.41. The van der Waals surface area contributed by atoms with Crippen LogP contribution in [0.25, 0.3) is 10.2 Å². The first-order valence-corrected chi connectivity index (χ1v) is 10.1. The van der Waals surface area contributed by atoms with Gasteiger partial charge in [0.15, 0.2) is 4.34 Å². The zero-order valence-corrected chi connectivity index (χ0v) is 15.4. The van der Waals surface area contributed by atoms with E-state index in [1.165, 1.54) is 15.8 Å². The van der Waals surface area contributed by atoms with Gasteiger partial charge in [-0.3, -0.25) is 0 Å². The molecule has 0 amide bonds. The van der Waals surface area contributed by atoms with E-state index in [0.29, 0.717) is 5.25 Å². The van der Waals surface area contributed by atoms with E-state index in [1.54, 1.807) is 22.1 Å². The van der Waals surface area contributed by atoms with Crippen molar-refractivity contribution in [3.05, 3.63) is 47.6 Å². The van der Waals surface area contributed by atoms with Gasteiger partial charge in [0.25, 0.3) is 0 Å². The highest BCUT2D eigenvalue weighted by Crippen LogP contribution is 2.41. The van der Waals surface area contributed by atoms with Gasteiger partial charge in [0, 0.05) is 5.25 Å². The number of thiazole rings is 1. The molecule has 0 radical (unpaired) electrons. The molecule has 1 aromatic carbocycles. The Morgan fingerprint density at radius 3 is 2.71 bits per heavy atom. The van der Waals surface area contributed by atoms with Crippen LogP contribution in [-0.2, 0) is 0 Å². The number of para-hydroxylation sites is 1. The molecule has 4 heteroatoms. The standard InChI is InChI=1S/C17H21NS3/c1-5-13(4)11-14(10-12(2)3)20-21-17-18-15-8-6-7-9-16(15)19-17/h5-10,14H,11H2,1-4H3. The number of nitrogens with zero attached hydrogens (tertiary/aromatic N) is 1. The summed E-state index contributed by atoms with van der Waals surface area (Å²) in [5.74, 6) is 0. The zero-order valence-electron chi connectivity index (χ0n) is 12.9. The largest absolute Gasteiger partial charge is 0.229 e. The second kappa shape index (κ2) is 8.06. The van der Waals surface area contributed by atoms with Gasteiger partial charge in [0.05, 0.1) is 10.2 Å². The average Bonchev–Trinajstić information content (AvgIpc) is 2.86. The molecule has 1 aromatic heterocycles. The van der Waals surface area contributed by atoms with Crippen molar-refractivity contribution in [2.75, 3.05) is 0 Å². The van der Waals surface area contributed by atoms with Crippen LogP contribution in [0.2, 0.25) is 0 Å². The number of benzene rings is 1. The third-order valence-electron chi connectivity index (χ3n) is 3.05. The Balaban J connectivity index is 2.05. The molecule has 0 aliphatic rings. The van der Waals surface area contributed by atoms with Crippen LogP contribution in [0.15, 0.2) is 51.9 Å². The molecule has 0 aliphatic carbocycles. The van der Waals surface area contributed by atoms with Crippen molar-refractivity contribution < 1.29 is 0 Å². The quantitative estimate of drug-likeness (QED) is 0.429. The Bertz CT molecular complexity index is 618. The summed E-state index contributed by atoms with van der Waals surface area (Å²) in [5.41, 5.74) is 3.92. The predicted octanol–water partition coefficient (Wildman–Crippen LogP) is 6.73. The number of hydrogen-bond donors (Lipinski definition) is 0. The molecule has 0 saturated carbocycles. The van der Waals surface area contributed by atoms with Crippen molar-refractivity contribution in [1.29, 1.82) is 0 Å². The van der Waals surface area contributed by atoms with E-state index in [2.05, 4.69) is 63.0 Å². The Morgan fingerprint density at radius 1 is 1.29 bits per heavy atom. The first-order chi connectivity index (χ1) is 10.1. The summed E-state index contributed by atoms with van der Waals surface area (Å²) in [6.45, 7) is 8.65. The molecule has 1 atom stereocenters. The second-order valence-electron chi connectivity index (χ2n) is 5.25. The summed E-state index contributed by atoms with van der Waals surface area (Å²) in [6, 6.07) is 8.34. The SMILES string of the molecule is CC=C(C)CC(C=C(C)C)SSc1nc2ccccc2s1. The fourth-order valence-corrected chi connectivity index (χ4v) is 5.78. The molecule has 1 nitrogen and oxygen atoms in total. The van der Waals surface area contributed by atoms with Crippen LogP contribution in [0.3, 0.4) is 0 Å². The topological polar surface area (TPSA) is 12.9 Å². The molecule has 112 valence electrons. The highest BCUT2D eigenvalue weighted by molar-refractivity contribution is 8.77. The van der Waals surface area contributed by atoms with E-state index in [4.69, 9.17) is 0 Å². The van der Waals surface area contributed by atoms with Gasteiger partial charge in [-0.05, 0) is 57.0 Å². The van der Waals surface area contributed by atoms with E-state index >= 15 is 0 Å². The molecule has 0 saturated heterocycles. The number of hydrogen-bond acceptors (Lipinski definition) is 4. The highest BCUT2D eigenvalue weighted by Gasteiger charge is 2.11. The zero-order chi connectivity index (χ0) is 15.2. The Morgan fingerprint density at radius 2 is 2.05 bits per heavy atom. The van der Waals surface area contributed by atoms with Gasteiger partial charge in [-0.1, -0.05) is 46.2 Å². The molecule has 1 unspecified atom stereocenters.